The zero-order valence-electron chi connectivity index (χ0n) is 10.1. The minimum Gasteiger partial charge on any atom is -0.397 e. The molecule has 0 unspecified atom stereocenters. The molecule has 3 rings (SSSR count). The Morgan fingerprint density at radius 1 is 0.944 bits per heavy atom. The summed E-state index contributed by atoms with van der Waals surface area (Å²) < 4.78 is 1.30. The summed E-state index contributed by atoms with van der Waals surface area (Å²) in [4.78, 5) is 2.15. The van der Waals surface area contributed by atoms with Crippen molar-refractivity contribution in [2.45, 2.75) is 0 Å². The van der Waals surface area contributed by atoms with E-state index in [0.29, 0.717) is 0 Å². The lowest BCUT2D eigenvalue weighted by atomic mass is 10.2. The highest BCUT2D eigenvalue weighted by atomic mass is 32.1. The molecule has 2 N–H and O–H groups in total. The summed E-state index contributed by atoms with van der Waals surface area (Å²) in [6.45, 7) is 0. The SMILES string of the molecule is CN(c1ccccc1N)c1csc2ccccc12. The van der Waals surface area contributed by atoms with Gasteiger partial charge in [0.05, 0.1) is 17.1 Å². The summed E-state index contributed by atoms with van der Waals surface area (Å²) >= 11 is 1.76. The summed E-state index contributed by atoms with van der Waals surface area (Å²) in [7, 11) is 2.06. The van der Waals surface area contributed by atoms with Gasteiger partial charge in [0, 0.05) is 22.5 Å². The highest BCUT2D eigenvalue weighted by Gasteiger charge is 2.11. The average Bonchev–Trinajstić information content (AvgIpc) is 2.82. The standard InChI is InChI=1S/C15H14N2S/c1-17(13-8-4-3-7-12(13)16)14-10-18-15-9-5-2-6-11(14)15/h2-10H,16H2,1H3. The Morgan fingerprint density at radius 3 is 2.50 bits per heavy atom. The second-order valence-corrected chi connectivity index (χ2v) is 5.15. The molecule has 0 amide bonds. The highest BCUT2D eigenvalue weighted by molar-refractivity contribution is 7.17. The van der Waals surface area contributed by atoms with E-state index in [-0.39, 0.29) is 0 Å². The van der Waals surface area contributed by atoms with Crippen LogP contribution in [0.5, 0.6) is 0 Å². The van der Waals surface area contributed by atoms with Gasteiger partial charge in [0.25, 0.3) is 0 Å². The van der Waals surface area contributed by atoms with E-state index < -0.39 is 0 Å². The van der Waals surface area contributed by atoms with Crippen LogP contribution in [-0.4, -0.2) is 7.05 Å². The van der Waals surface area contributed by atoms with Gasteiger partial charge < -0.3 is 10.6 Å². The first kappa shape index (κ1) is 11.1. The number of nitrogens with zero attached hydrogens (tertiary/aromatic N) is 1. The summed E-state index contributed by atoms with van der Waals surface area (Å²) in [6.07, 6.45) is 0. The van der Waals surface area contributed by atoms with Gasteiger partial charge in [0.1, 0.15) is 0 Å². The molecule has 2 nitrogen and oxygen atoms in total. The number of nitrogens with two attached hydrogens (primary N) is 1. The highest BCUT2D eigenvalue weighted by Crippen LogP contribution is 2.37. The molecule has 1 heterocycles. The number of nitrogen functional groups attached to an aromatic ring is 1. The van der Waals surface area contributed by atoms with Crippen molar-refractivity contribution in [1.82, 2.24) is 0 Å². The first-order valence-corrected chi connectivity index (χ1v) is 6.70. The fourth-order valence-corrected chi connectivity index (χ4v) is 3.13. The van der Waals surface area contributed by atoms with Crippen LogP contribution in [-0.2, 0) is 0 Å². The van der Waals surface area contributed by atoms with Gasteiger partial charge >= 0.3 is 0 Å². The molecular formula is C15H14N2S. The molecule has 0 saturated carbocycles. The summed E-state index contributed by atoms with van der Waals surface area (Å²) in [5.41, 5.74) is 9.08. The van der Waals surface area contributed by atoms with E-state index in [1.165, 1.54) is 15.8 Å². The first-order valence-electron chi connectivity index (χ1n) is 5.82. The van der Waals surface area contributed by atoms with E-state index in [1.54, 1.807) is 11.3 Å². The lowest BCUT2D eigenvalue weighted by molar-refractivity contribution is 1.23. The fourth-order valence-electron chi connectivity index (χ4n) is 2.15. The molecule has 18 heavy (non-hydrogen) atoms. The number of fused-ring (bicyclic) bond motifs is 1. The second kappa shape index (κ2) is 4.35. The van der Waals surface area contributed by atoms with Gasteiger partial charge in [-0.1, -0.05) is 30.3 Å². The van der Waals surface area contributed by atoms with Crippen LogP contribution in [0, 0.1) is 0 Å². The number of hydrogen-bond acceptors (Lipinski definition) is 3. The molecule has 0 fully saturated rings. The van der Waals surface area contributed by atoms with E-state index in [2.05, 4.69) is 41.6 Å². The Hall–Kier alpha value is -2.00. The molecule has 0 aliphatic carbocycles. The Morgan fingerprint density at radius 2 is 1.67 bits per heavy atom. The van der Waals surface area contributed by atoms with E-state index in [1.807, 2.05) is 24.3 Å². The summed E-state index contributed by atoms with van der Waals surface area (Å²) in [5, 5.41) is 3.45. The molecule has 3 heteroatoms. The summed E-state index contributed by atoms with van der Waals surface area (Å²) in [5.74, 6) is 0. The van der Waals surface area contributed by atoms with Crippen LogP contribution < -0.4 is 10.6 Å². The van der Waals surface area contributed by atoms with Gasteiger partial charge in [0.2, 0.25) is 0 Å². The maximum Gasteiger partial charge on any atom is 0.0642 e. The van der Waals surface area contributed by atoms with Crippen molar-refractivity contribution in [2.75, 3.05) is 17.7 Å². The first-order chi connectivity index (χ1) is 8.77. The Balaban J connectivity index is 2.13. The van der Waals surface area contributed by atoms with Gasteiger partial charge in [-0.3, -0.25) is 0 Å². The normalized spacial score (nSPS) is 10.7. The fraction of sp³-hybridized carbons (Fsp3) is 0.0667. The zero-order chi connectivity index (χ0) is 12.5. The number of rotatable bonds is 2. The number of anilines is 3. The minimum atomic E-state index is 0.801. The lowest BCUT2D eigenvalue weighted by Gasteiger charge is -2.20. The van der Waals surface area contributed by atoms with E-state index in [9.17, 15) is 0 Å². The van der Waals surface area contributed by atoms with Crippen molar-refractivity contribution in [2.24, 2.45) is 0 Å². The van der Waals surface area contributed by atoms with E-state index >= 15 is 0 Å². The van der Waals surface area contributed by atoms with Crippen molar-refractivity contribution < 1.29 is 0 Å². The number of hydrogen-bond donors (Lipinski definition) is 1. The van der Waals surface area contributed by atoms with Crippen molar-refractivity contribution in [3.63, 3.8) is 0 Å². The molecule has 0 spiro atoms. The topological polar surface area (TPSA) is 29.3 Å². The maximum atomic E-state index is 6.03. The average molecular weight is 254 g/mol. The predicted molar refractivity (Wildman–Crippen MR) is 80.7 cm³/mol. The molecule has 90 valence electrons. The van der Waals surface area contributed by atoms with Gasteiger partial charge in [-0.25, -0.2) is 0 Å². The molecule has 0 radical (unpaired) electrons. The smallest absolute Gasteiger partial charge is 0.0642 e. The Labute approximate surface area is 110 Å². The number of thiophene rings is 1. The van der Waals surface area contributed by atoms with Gasteiger partial charge in [-0.15, -0.1) is 11.3 Å². The molecular weight excluding hydrogens is 240 g/mol. The molecule has 2 aromatic carbocycles. The number of benzene rings is 2. The monoisotopic (exact) mass is 254 g/mol. The maximum absolute atomic E-state index is 6.03. The predicted octanol–water partition coefficient (Wildman–Crippen LogP) is 4.25. The Bertz CT molecular complexity index is 688. The third kappa shape index (κ3) is 1.73. The van der Waals surface area contributed by atoms with Crippen molar-refractivity contribution in [1.29, 1.82) is 0 Å². The van der Waals surface area contributed by atoms with E-state index in [0.717, 1.165) is 11.4 Å². The molecule has 3 aromatic rings. The second-order valence-electron chi connectivity index (χ2n) is 4.23. The molecule has 1 aromatic heterocycles. The van der Waals surface area contributed by atoms with Gasteiger partial charge in [-0.2, -0.15) is 0 Å². The Kier molecular flexibility index (Phi) is 2.68. The third-order valence-electron chi connectivity index (χ3n) is 3.12. The zero-order valence-corrected chi connectivity index (χ0v) is 10.9. The largest absolute Gasteiger partial charge is 0.397 e. The molecule has 0 aliphatic heterocycles. The van der Waals surface area contributed by atoms with Crippen LogP contribution in [0.1, 0.15) is 0 Å². The van der Waals surface area contributed by atoms with Crippen LogP contribution in [0.25, 0.3) is 10.1 Å². The number of para-hydroxylation sites is 2. The van der Waals surface area contributed by atoms with Gasteiger partial charge in [-0.05, 0) is 18.2 Å². The minimum absolute atomic E-state index is 0.801. The van der Waals surface area contributed by atoms with E-state index in [4.69, 9.17) is 5.73 Å². The van der Waals surface area contributed by atoms with Crippen LogP contribution in [0.15, 0.2) is 53.9 Å². The molecule has 0 saturated heterocycles. The molecule has 0 atom stereocenters. The molecule has 0 aliphatic rings. The summed E-state index contributed by atoms with van der Waals surface area (Å²) in [6, 6.07) is 16.4. The van der Waals surface area contributed by atoms with Crippen LogP contribution in [0.4, 0.5) is 17.1 Å². The van der Waals surface area contributed by atoms with Crippen LogP contribution in [0.3, 0.4) is 0 Å². The van der Waals surface area contributed by atoms with Crippen LogP contribution in [0.2, 0.25) is 0 Å². The van der Waals surface area contributed by atoms with Crippen molar-refractivity contribution >= 4 is 38.5 Å². The van der Waals surface area contributed by atoms with Crippen LogP contribution >= 0.6 is 11.3 Å². The third-order valence-corrected chi connectivity index (χ3v) is 4.07. The quantitative estimate of drug-likeness (QED) is 0.693. The lowest BCUT2D eigenvalue weighted by Crippen LogP contribution is -2.10. The van der Waals surface area contributed by atoms with Crippen molar-refractivity contribution in [3.05, 3.63) is 53.9 Å². The van der Waals surface area contributed by atoms with Gasteiger partial charge in [0.15, 0.2) is 0 Å². The van der Waals surface area contributed by atoms with Crippen molar-refractivity contribution in [3.8, 4) is 0 Å². The molecule has 0 bridgehead atoms.